The largest absolute Gasteiger partial charge is 0.462 e. The molecule has 0 aromatic heterocycles. The molecule has 0 fully saturated rings. The predicted molar refractivity (Wildman–Crippen MR) is 24.6 cm³/mol. The highest BCUT2D eigenvalue weighted by Crippen LogP contribution is 2.25. The number of rotatable bonds is 0. The second-order valence-corrected chi connectivity index (χ2v) is 1.72. The maximum Gasteiger partial charge on any atom is 0.322 e. The minimum absolute atomic E-state index is 0.338. The summed E-state index contributed by atoms with van der Waals surface area (Å²) < 4.78 is 14.9. The Kier molecular flexibility index (Phi) is 0.664. The van der Waals surface area contributed by atoms with Gasteiger partial charge in [0.05, 0.1) is 6.61 Å². The molecule has 0 radical (unpaired) electrons. The van der Waals surface area contributed by atoms with E-state index in [0.29, 0.717) is 19.3 Å². The van der Waals surface area contributed by atoms with E-state index in [4.69, 9.17) is 14.2 Å². The molecule has 0 atom stereocenters. The normalized spacial score (nSPS) is 24.0. The smallest absolute Gasteiger partial charge is 0.322 e. The van der Waals surface area contributed by atoms with Crippen molar-refractivity contribution in [3.63, 3.8) is 0 Å². The Hall–Kier alpha value is -0.860. The summed E-state index contributed by atoms with van der Waals surface area (Å²) in [6.07, 6.45) is 0.870. The van der Waals surface area contributed by atoms with Crippen LogP contribution in [0.1, 0.15) is 6.42 Å². The highest BCUT2D eigenvalue weighted by Gasteiger charge is 2.24. The van der Waals surface area contributed by atoms with Gasteiger partial charge in [0, 0.05) is 6.42 Å². The Balaban J connectivity index is 2.23. The van der Waals surface area contributed by atoms with Crippen LogP contribution in [0.5, 0.6) is 0 Å². The summed E-state index contributed by atoms with van der Waals surface area (Å²) in [6, 6.07) is 0. The van der Waals surface area contributed by atoms with Gasteiger partial charge in [0.15, 0.2) is 5.76 Å². The third kappa shape index (κ3) is 0.384. The van der Waals surface area contributed by atoms with Crippen LogP contribution >= 0.6 is 0 Å². The molecule has 2 aliphatic rings. The van der Waals surface area contributed by atoms with E-state index < -0.39 is 0 Å². The van der Waals surface area contributed by atoms with E-state index in [9.17, 15) is 0 Å². The Morgan fingerprint density at radius 1 is 1.12 bits per heavy atom. The van der Waals surface area contributed by atoms with Gasteiger partial charge in [0.1, 0.15) is 0 Å². The monoisotopic (exact) mass is 114 g/mol. The molecular weight excluding hydrogens is 108 g/mol. The molecule has 0 saturated heterocycles. The molecule has 44 valence electrons. The lowest BCUT2D eigenvalue weighted by atomic mass is 10.4. The standard InChI is InChI=1S/C5H6O3/c1-2-6-5-4(1)7-3-8-5/h1-3H2. The van der Waals surface area contributed by atoms with Gasteiger partial charge >= 0.3 is 5.95 Å². The average Bonchev–Trinajstić information content (AvgIpc) is 2.15. The topological polar surface area (TPSA) is 27.7 Å². The zero-order valence-corrected chi connectivity index (χ0v) is 4.35. The first-order chi connectivity index (χ1) is 3.97. The van der Waals surface area contributed by atoms with E-state index in [-0.39, 0.29) is 0 Å². The molecule has 3 nitrogen and oxygen atoms in total. The van der Waals surface area contributed by atoms with Crippen molar-refractivity contribution in [1.29, 1.82) is 0 Å². The fraction of sp³-hybridized carbons (Fsp3) is 0.600. The summed E-state index contributed by atoms with van der Waals surface area (Å²) in [4.78, 5) is 0. The number of hydrogen-bond acceptors (Lipinski definition) is 3. The van der Waals surface area contributed by atoms with E-state index >= 15 is 0 Å². The van der Waals surface area contributed by atoms with Crippen LogP contribution in [0.25, 0.3) is 0 Å². The lowest BCUT2D eigenvalue weighted by molar-refractivity contribution is -0.00332. The van der Waals surface area contributed by atoms with Crippen LogP contribution in [0.4, 0.5) is 0 Å². The zero-order valence-electron chi connectivity index (χ0n) is 4.35. The van der Waals surface area contributed by atoms with E-state index in [1.54, 1.807) is 0 Å². The molecule has 2 aliphatic heterocycles. The SMILES string of the molecule is C1CC2=C(O1)OCO2. The Bertz CT molecular complexity index is 111. The summed E-state index contributed by atoms with van der Waals surface area (Å²) >= 11 is 0. The Morgan fingerprint density at radius 2 is 2.12 bits per heavy atom. The van der Waals surface area contributed by atoms with Crippen LogP contribution in [-0.2, 0) is 14.2 Å². The predicted octanol–water partition coefficient (Wildman–Crippen LogP) is 0.580. The maximum atomic E-state index is 5.01. The Labute approximate surface area is 46.8 Å². The van der Waals surface area contributed by atoms with Gasteiger partial charge in [-0.05, 0) is 0 Å². The van der Waals surface area contributed by atoms with Gasteiger partial charge in [0.25, 0.3) is 0 Å². The zero-order chi connectivity index (χ0) is 5.40. The lowest BCUT2D eigenvalue weighted by Crippen LogP contribution is -1.91. The van der Waals surface area contributed by atoms with Gasteiger partial charge in [0.2, 0.25) is 6.79 Å². The molecule has 0 amide bonds. The summed E-state index contributed by atoms with van der Waals surface area (Å²) in [5.74, 6) is 1.48. The first-order valence-corrected chi connectivity index (χ1v) is 2.58. The molecule has 0 aliphatic carbocycles. The van der Waals surface area contributed by atoms with Gasteiger partial charge in [-0.2, -0.15) is 0 Å². The van der Waals surface area contributed by atoms with E-state index in [1.165, 1.54) is 0 Å². The first-order valence-electron chi connectivity index (χ1n) is 2.58. The summed E-state index contributed by atoms with van der Waals surface area (Å²) in [6.45, 7) is 1.05. The van der Waals surface area contributed by atoms with Crippen LogP contribution in [0.2, 0.25) is 0 Å². The van der Waals surface area contributed by atoms with E-state index in [1.807, 2.05) is 0 Å². The van der Waals surface area contributed by atoms with Crippen LogP contribution in [0.3, 0.4) is 0 Å². The third-order valence-corrected chi connectivity index (χ3v) is 1.21. The summed E-state index contributed by atoms with van der Waals surface area (Å²) in [7, 11) is 0. The van der Waals surface area contributed by atoms with Crippen LogP contribution in [0.15, 0.2) is 11.7 Å². The molecule has 2 heterocycles. The van der Waals surface area contributed by atoms with E-state index in [0.717, 1.165) is 12.2 Å². The minimum Gasteiger partial charge on any atom is -0.462 e. The van der Waals surface area contributed by atoms with Gasteiger partial charge in [-0.15, -0.1) is 0 Å². The van der Waals surface area contributed by atoms with Gasteiger partial charge in [-0.3, -0.25) is 0 Å². The second kappa shape index (κ2) is 1.31. The van der Waals surface area contributed by atoms with Crippen molar-refractivity contribution in [3.8, 4) is 0 Å². The lowest BCUT2D eigenvalue weighted by Gasteiger charge is -1.97. The van der Waals surface area contributed by atoms with Crippen molar-refractivity contribution < 1.29 is 14.2 Å². The summed E-state index contributed by atoms with van der Waals surface area (Å²) in [5, 5.41) is 0. The highest BCUT2D eigenvalue weighted by molar-refractivity contribution is 5.02. The Morgan fingerprint density at radius 3 is 3.00 bits per heavy atom. The van der Waals surface area contributed by atoms with Gasteiger partial charge in [-0.1, -0.05) is 0 Å². The third-order valence-electron chi connectivity index (χ3n) is 1.21. The summed E-state index contributed by atoms with van der Waals surface area (Å²) in [5.41, 5.74) is 0. The fourth-order valence-corrected chi connectivity index (χ4v) is 0.826. The number of ether oxygens (including phenoxy) is 3. The van der Waals surface area contributed by atoms with E-state index in [2.05, 4.69) is 0 Å². The molecule has 0 N–H and O–H groups in total. The fourth-order valence-electron chi connectivity index (χ4n) is 0.826. The first kappa shape index (κ1) is 4.06. The molecule has 0 spiro atoms. The average molecular weight is 114 g/mol. The molecule has 0 saturated carbocycles. The maximum absolute atomic E-state index is 5.01. The quantitative estimate of drug-likeness (QED) is 0.461. The molecule has 0 aromatic carbocycles. The van der Waals surface area contributed by atoms with Crippen LogP contribution in [-0.4, -0.2) is 13.4 Å². The van der Waals surface area contributed by atoms with Crippen molar-refractivity contribution in [3.05, 3.63) is 11.7 Å². The molecule has 0 aromatic rings. The van der Waals surface area contributed by atoms with Crippen molar-refractivity contribution in [2.75, 3.05) is 13.4 Å². The molecule has 2 rings (SSSR count). The molecule has 0 bridgehead atoms. The molecule has 3 heteroatoms. The molecular formula is C5H6O3. The van der Waals surface area contributed by atoms with Crippen molar-refractivity contribution in [2.24, 2.45) is 0 Å². The van der Waals surface area contributed by atoms with Gasteiger partial charge < -0.3 is 14.2 Å². The number of hydrogen-bond donors (Lipinski definition) is 0. The van der Waals surface area contributed by atoms with Crippen molar-refractivity contribution in [1.82, 2.24) is 0 Å². The molecule has 0 unspecified atom stereocenters. The second-order valence-electron chi connectivity index (χ2n) is 1.72. The van der Waals surface area contributed by atoms with Gasteiger partial charge in [-0.25, -0.2) is 0 Å². The van der Waals surface area contributed by atoms with Crippen LogP contribution < -0.4 is 0 Å². The van der Waals surface area contributed by atoms with Crippen LogP contribution in [0, 0.1) is 0 Å². The molecule has 8 heavy (non-hydrogen) atoms. The van der Waals surface area contributed by atoms with Crippen molar-refractivity contribution >= 4 is 0 Å². The highest BCUT2D eigenvalue weighted by atomic mass is 16.8. The van der Waals surface area contributed by atoms with Crippen molar-refractivity contribution in [2.45, 2.75) is 6.42 Å². The minimum atomic E-state index is 0.338.